The molecule has 0 bridgehead atoms. The number of aromatic nitrogens is 1. The number of aryl methyl sites for hydroxylation is 1. The summed E-state index contributed by atoms with van der Waals surface area (Å²) in [7, 11) is 0. The Kier molecular flexibility index (Phi) is 4.09. The van der Waals surface area contributed by atoms with Gasteiger partial charge >= 0.3 is 0 Å². The second kappa shape index (κ2) is 6.04. The maximum atomic E-state index is 10.3. The predicted octanol–water partition coefficient (Wildman–Crippen LogP) is 4.01. The van der Waals surface area contributed by atoms with Crippen molar-refractivity contribution in [2.45, 2.75) is 26.9 Å². The van der Waals surface area contributed by atoms with Crippen LogP contribution in [0.4, 0.5) is 5.69 Å². The van der Waals surface area contributed by atoms with Gasteiger partial charge in [-0.05, 0) is 32.9 Å². The van der Waals surface area contributed by atoms with Gasteiger partial charge in [0.15, 0.2) is 0 Å². The number of rotatable bonds is 4. The molecule has 23 heavy (non-hydrogen) atoms. The Labute approximate surface area is 139 Å². The van der Waals surface area contributed by atoms with Crippen molar-refractivity contribution in [1.29, 1.82) is 5.41 Å². The first-order valence-electron chi connectivity index (χ1n) is 7.44. The number of nitrogens with zero attached hydrogens (tertiary/aromatic N) is 2. The normalized spacial score (nSPS) is 15.0. The van der Waals surface area contributed by atoms with Crippen LogP contribution < -0.4 is 9.64 Å². The van der Waals surface area contributed by atoms with Crippen molar-refractivity contribution in [1.82, 2.24) is 4.98 Å². The lowest BCUT2D eigenvalue weighted by molar-refractivity contribution is 0.243. The van der Waals surface area contributed by atoms with Crippen LogP contribution in [0.5, 0.6) is 5.75 Å². The van der Waals surface area contributed by atoms with Crippen LogP contribution in [0.3, 0.4) is 0 Å². The van der Waals surface area contributed by atoms with Crippen molar-refractivity contribution in [2.24, 2.45) is 0 Å². The molecule has 3 rings (SSSR count). The highest BCUT2D eigenvalue weighted by atomic mass is 32.1. The molecule has 1 aliphatic rings. The molecule has 1 aliphatic heterocycles. The SMILES string of the molecule is Cc1csc(C2=C(O)CN(c3ccccc3OC(C)C)C2=N)n1. The summed E-state index contributed by atoms with van der Waals surface area (Å²) in [5.41, 5.74) is 2.17. The second-order valence-corrected chi connectivity index (χ2v) is 6.54. The fourth-order valence-corrected chi connectivity index (χ4v) is 3.38. The maximum absolute atomic E-state index is 10.3. The molecule has 0 amide bonds. The predicted molar refractivity (Wildman–Crippen MR) is 93.7 cm³/mol. The van der Waals surface area contributed by atoms with Gasteiger partial charge < -0.3 is 14.7 Å². The van der Waals surface area contributed by atoms with Gasteiger partial charge in [0, 0.05) is 11.1 Å². The molecule has 0 atom stereocenters. The molecule has 0 saturated carbocycles. The topological polar surface area (TPSA) is 69.4 Å². The van der Waals surface area contributed by atoms with E-state index in [1.165, 1.54) is 11.3 Å². The molecule has 2 N–H and O–H groups in total. The van der Waals surface area contributed by atoms with Gasteiger partial charge in [0.1, 0.15) is 22.4 Å². The van der Waals surface area contributed by atoms with Crippen LogP contribution in [0.1, 0.15) is 24.5 Å². The first-order chi connectivity index (χ1) is 11.0. The molecule has 1 aromatic carbocycles. The minimum absolute atomic E-state index is 0.0376. The quantitative estimate of drug-likeness (QED) is 0.889. The van der Waals surface area contributed by atoms with Crippen LogP contribution in [-0.2, 0) is 0 Å². The van der Waals surface area contributed by atoms with Crippen molar-refractivity contribution in [3.05, 3.63) is 46.1 Å². The van der Waals surface area contributed by atoms with E-state index in [1.807, 2.05) is 50.4 Å². The third kappa shape index (κ3) is 2.94. The van der Waals surface area contributed by atoms with E-state index in [9.17, 15) is 5.11 Å². The Hall–Kier alpha value is -2.34. The molecule has 0 fully saturated rings. The van der Waals surface area contributed by atoms with Crippen molar-refractivity contribution >= 4 is 28.4 Å². The Morgan fingerprint density at radius 3 is 2.74 bits per heavy atom. The number of aliphatic hydroxyl groups is 1. The average molecular weight is 329 g/mol. The number of ether oxygens (including phenoxy) is 1. The largest absolute Gasteiger partial charge is 0.510 e. The van der Waals surface area contributed by atoms with E-state index in [4.69, 9.17) is 10.1 Å². The van der Waals surface area contributed by atoms with E-state index < -0.39 is 0 Å². The van der Waals surface area contributed by atoms with Crippen molar-refractivity contribution in [2.75, 3.05) is 11.4 Å². The van der Waals surface area contributed by atoms with Crippen LogP contribution >= 0.6 is 11.3 Å². The lowest BCUT2D eigenvalue weighted by Gasteiger charge is -2.23. The fourth-order valence-electron chi connectivity index (χ4n) is 2.51. The summed E-state index contributed by atoms with van der Waals surface area (Å²) in [4.78, 5) is 6.14. The Morgan fingerprint density at radius 1 is 1.35 bits per heavy atom. The Balaban J connectivity index is 1.95. The minimum atomic E-state index is 0.0376. The molecule has 6 heteroatoms. The van der Waals surface area contributed by atoms with Gasteiger partial charge in [-0.1, -0.05) is 12.1 Å². The first-order valence-corrected chi connectivity index (χ1v) is 8.32. The minimum Gasteiger partial charge on any atom is -0.510 e. The molecule has 2 heterocycles. The van der Waals surface area contributed by atoms with E-state index in [-0.39, 0.29) is 24.2 Å². The number of thiazole rings is 1. The molecule has 120 valence electrons. The van der Waals surface area contributed by atoms with Crippen LogP contribution in [0, 0.1) is 12.3 Å². The van der Waals surface area contributed by atoms with Gasteiger partial charge in [-0.25, -0.2) is 4.98 Å². The van der Waals surface area contributed by atoms with E-state index in [1.54, 1.807) is 4.90 Å². The summed E-state index contributed by atoms with van der Waals surface area (Å²) >= 11 is 1.44. The van der Waals surface area contributed by atoms with Gasteiger partial charge in [0.05, 0.1) is 23.9 Å². The highest BCUT2D eigenvalue weighted by Gasteiger charge is 2.32. The summed E-state index contributed by atoms with van der Waals surface area (Å²) in [6, 6.07) is 7.58. The summed E-state index contributed by atoms with van der Waals surface area (Å²) in [6.45, 7) is 6.09. The average Bonchev–Trinajstić information content (AvgIpc) is 3.02. The van der Waals surface area contributed by atoms with Crippen LogP contribution in [-0.4, -0.2) is 28.6 Å². The van der Waals surface area contributed by atoms with Gasteiger partial charge in [-0.15, -0.1) is 11.3 Å². The number of benzene rings is 1. The molecular formula is C17H19N3O2S. The maximum Gasteiger partial charge on any atom is 0.143 e. The first kappa shape index (κ1) is 15.6. The molecule has 0 radical (unpaired) electrons. The highest BCUT2D eigenvalue weighted by Crippen LogP contribution is 2.37. The lowest BCUT2D eigenvalue weighted by Crippen LogP contribution is -2.27. The Bertz CT molecular complexity index is 780. The van der Waals surface area contributed by atoms with Gasteiger partial charge in [-0.3, -0.25) is 5.41 Å². The number of amidine groups is 1. The van der Waals surface area contributed by atoms with Crippen molar-refractivity contribution in [3.8, 4) is 5.75 Å². The summed E-state index contributed by atoms with van der Waals surface area (Å²) in [5, 5.41) is 21.4. The van der Waals surface area contributed by atoms with E-state index in [2.05, 4.69) is 4.98 Å². The zero-order valence-corrected chi connectivity index (χ0v) is 14.1. The molecular weight excluding hydrogens is 310 g/mol. The molecule has 1 aromatic heterocycles. The van der Waals surface area contributed by atoms with Crippen molar-refractivity contribution in [3.63, 3.8) is 0 Å². The van der Waals surface area contributed by atoms with E-state index in [0.29, 0.717) is 16.3 Å². The summed E-state index contributed by atoms with van der Waals surface area (Å²) < 4.78 is 5.83. The standard InChI is InChI=1S/C17H19N3O2S/c1-10(2)22-14-7-5-4-6-12(14)20-8-13(21)15(16(20)18)17-19-11(3)9-23-17/h4-7,9-10,18,21H,8H2,1-3H3. The smallest absolute Gasteiger partial charge is 0.143 e. The molecule has 0 spiro atoms. The second-order valence-electron chi connectivity index (χ2n) is 5.68. The molecule has 5 nitrogen and oxygen atoms in total. The van der Waals surface area contributed by atoms with Crippen LogP contribution in [0.25, 0.3) is 5.57 Å². The third-order valence-corrected chi connectivity index (χ3v) is 4.43. The van der Waals surface area contributed by atoms with Crippen LogP contribution in [0.15, 0.2) is 35.4 Å². The monoisotopic (exact) mass is 329 g/mol. The van der Waals surface area contributed by atoms with Gasteiger partial charge in [0.25, 0.3) is 0 Å². The zero-order valence-electron chi connectivity index (χ0n) is 13.3. The lowest BCUT2D eigenvalue weighted by atomic mass is 10.2. The molecule has 0 aliphatic carbocycles. The zero-order chi connectivity index (χ0) is 16.6. The van der Waals surface area contributed by atoms with Crippen LogP contribution in [0.2, 0.25) is 0 Å². The molecule has 0 unspecified atom stereocenters. The third-order valence-electron chi connectivity index (χ3n) is 3.45. The van der Waals surface area contributed by atoms with Gasteiger partial charge in [0.2, 0.25) is 0 Å². The van der Waals surface area contributed by atoms with E-state index in [0.717, 1.165) is 11.4 Å². The molecule has 2 aromatic rings. The molecule has 0 saturated heterocycles. The highest BCUT2D eigenvalue weighted by molar-refractivity contribution is 7.11. The summed E-state index contributed by atoms with van der Waals surface area (Å²) in [5.74, 6) is 1.12. The number of aliphatic hydroxyl groups excluding tert-OH is 1. The summed E-state index contributed by atoms with van der Waals surface area (Å²) in [6.07, 6.45) is 0.0376. The number of hydrogen-bond acceptors (Lipinski definition) is 5. The van der Waals surface area contributed by atoms with E-state index >= 15 is 0 Å². The number of nitrogens with one attached hydrogen (secondary N) is 1. The van der Waals surface area contributed by atoms with Gasteiger partial charge in [-0.2, -0.15) is 0 Å². The van der Waals surface area contributed by atoms with Crippen molar-refractivity contribution < 1.29 is 9.84 Å². The number of hydrogen-bond donors (Lipinski definition) is 2. The number of anilines is 1. The fraction of sp³-hybridized carbons (Fsp3) is 0.294. The Morgan fingerprint density at radius 2 is 2.09 bits per heavy atom. The number of para-hydroxylation sites is 2.